The number of aromatic nitrogens is 2. The van der Waals surface area contributed by atoms with E-state index in [1.807, 2.05) is 0 Å². The second-order valence-corrected chi connectivity index (χ2v) is 3.64. The quantitative estimate of drug-likeness (QED) is 0.479. The van der Waals surface area contributed by atoms with E-state index in [2.05, 4.69) is 15.3 Å². The van der Waals surface area contributed by atoms with Crippen molar-refractivity contribution in [3.63, 3.8) is 0 Å². The van der Waals surface area contributed by atoms with Crippen LogP contribution in [0.4, 0.5) is 10.2 Å². The number of nitrogens with zero attached hydrogens (tertiary/aromatic N) is 2. The van der Waals surface area contributed by atoms with Crippen LogP contribution in [0.1, 0.15) is 6.92 Å². The summed E-state index contributed by atoms with van der Waals surface area (Å²) in [5, 5.41) is 2.93. The monoisotopic (exact) mass is 245 g/mol. The molecule has 0 aliphatic rings. The molecule has 0 aliphatic carbocycles. The predicted octanol–water partition coefficient (Wildman–Crippen LogP) is 1.31. The molecule has 0 spiro atoms. The molecule has 1 heterocycles. The molecule has 0 amide bonds. The lowest BCUT2D eigenvalue weighted by atomic mass is 10.5. The van der Waals surface area contributed by atoms with Crippen LogP contribution in [0.3, 0.4) is 0 Å². The predicted molar refractivity (Wildman–Crippen MR) is 58.9 cm³/mol. The van der Waals surface area contributed by atoms with Crippen LogP contribution in [0, 0.1) is 5.82 Å². The number of hydrogen-bond acceptors (Lipinski definition) is 6. The highest BCUT2D eigenvalue weighted by Crippen LogP contribution is 2.16. The number of thioether (sulfide) groups is 1. The highest BCUT2D eigenvalue weighted by atomic mass is 32.2. The van der Waals surface area contributed by atoms with Gasteiger partial charge in [0.1, 0.15) is 0 Å². The van der Waals surface area contributed by atoms with Gasteiger partial charge in [-0.2, -0.15) is 0 Å². The third-order valence-electron chi connectivity index (χ3n) is 1.58. The van der Waals surface area contributed by atoms with Gasteiger partial charge >= 0.3 is 5.97 Å². The highest BCUT2D eigenvalue weighted by molar-refractivity contribution is 7.99. The van der Waals surface area contributed by atoms with Gasteiger partial charge in [0.05, 0.1) is 18.6 Å². The molecule has 7 heteroatoms. The zero-order valence-electron chi connectivity index (χ0n) is 8.99. The maximum Gasteiger partial charge on any atom is 0.316 e. The molecule has 0 aromatic carbocycles. The summed E-state index contributed by atoms with van der Waals surface area (Å²) in [4.78, 5) is 18.7. The van der Waals surface area contributed by atoms with Crippen molar-refractivity contribution >= 4 is 23.5 Å². The van der Waals surface area contributed by atoms with Crippen molar-refractivity contribution in [1.82, 2.24) is 9.97 Å². The third-order valence-corrected chi connectivity index (χ3v) is 2.42. The molecule has 0 saturated heterocycles. The summed E-state index contributed by atoms with van der Waals surface area (Å²) in [6.45, 7) is 2.07. The zero-order chi connectivity index (χ0) is 12.0. The number of carbonyl (C=O) groups excluding carboxylic acids is 1. The maximum absolute atomic E-state index is 13.0. The van der Waals surface area contributed by atoms with E-state index in [-0.39, 0.29) is 17.5 Å². The van der Waals surface area contributed by atoms with E-state index in [4.69, 9.17) is 4.74 Å². The highest BCUT2D eigenvalue weighted by Gasteiger charge is 2.08. The molecule has 0 unspecified atom stereocenters. The fraction of sp³-hybridized carbons (Fsp3) is 0.444. The van der Waals surface area contributed by atoms with Crippen molar-refractivity contribution in [2.45, 2.75) is 12.1 Å². The van der Waals surface area contributed by atoms with Gasteiger partial charge in [0.15, 0.2) is 16.8 Å². The lowest BCUT2D eigenvalue weighted by molar-refractivity contribution is -0.139. The van der Waals surface area contributed by atoms with Crippen molar-refractivity contribution < 1.29 is 13.9 Å². The Morgan fingerprint density at radius 3 is 3.06 bits per heavy atom. The minimum atomic E-state index is -0.525. The molecular weight excluding hydrogens is 233 g/mol. The lowest BCUT2D eigenvalue weighted by Crippen LogP contribution is -2.07. The average Bonchev–Trinajstić information content (AvgIpc) is 2.28. The van der Waals surface area contributed by atoms with Crippen molar-refractivity contribution in [3.8, 4) is 0 Å². The first kappa shape index (κ1) is 12.7. The largest absolute Gasteiger partial charge is 0.465 e. The van der Waals surface area contributed by atoms with Gasteiger partial charge in [0.25, 0.3) is 0 Å². The molecule has 5 nitrogen and oxygen atoms in total. The summed E-state index contributed by atoms with van der Waals surface area (Å²) in [6, 6.07) is 0. The van der Waals surface area contributed by atoms with E-state index in [1.54, 1.807) is 14.0 Å². The minimum Gasteiger partial charge on any atom is -0.465 e. The van der Waals surface area contributed by atoms with Crippen LogP contribution in [0.2, 0.25) is 0 Å². The van der Waals surface area contributed by atoms with Gasteiger partial charge in [0, 0.05) is 7.05 Å². The van der Waals surface area contributed by atoms with Crippen LogP contribution >= 0.6 is 11.8 Å². The second kappa shape index (κ2) is 6.26. The van der Waals surface area contributed by atoms with Crippen LogP contribution in [0.25, 0.3) is 0 Å². The van der Waals surface area contributed by atoms with Gasteiger partial charge in [0.2, 0.25) is 0 Å². The zero-order valence-corrected chi connectivity index (χ0v) is 9.81. The van der Waals surface area contributed by atoms with E-state index in [0.717, 1.165) is 18.0 Å². The second-order valence-electron chi connectivity index (χ2n) is 2.69. The molecule has 0 aliphatic heterocycles. The fourth-order valence-corrected chi connectivity index (χ4v) is 1.54. The van der Waals surface area contributed by atoms with E-state index in [0.29, 0.717) is 11.8 Å². The molecule has 16 heavy (non-hydrogen) atoms. The fourth-order valence-electron chi connectivity index (χ4n) is 0.922. The minimum absolute atomic E-state index is 0.112. The topological polar surface area (TPSA) is 64.1 Å². The first-order valence-corrected chi connectivity index (χ1v) is 5.64. The molecule has 0 fully saturated rings. The molecule has 1 aromatic rings. The molecule has 1 rings (SSSR count). The van der Waals surface area contributed by atoms with Gasteiger partial charge in [-0.25, -0.2) is 14.4 Å². The molecule has 0 saturated carbocycles. The third kappa shape index (κ3) is 3.65. The summed E-state index contributed by atoms with van der Waals surface area (Å²) in [5.74, 6) is -0.640. The number of carbonyl (C=O) groups is 1. The summed E-state index contributed by atoms with van der Waals surface area (Å²) in [7, 11) is 1.56. The van der Waals surface area contributed by atoms with Gasteiger partial charge in [-0.15, -0.1) is 0 Å². The van der Waals surface area contributed by atoms with E-state index < -0.39 is 5.82 Å². The van der Waals surface area contributed by atoms with E-state index >= 15 is 0 Å². The Labute approximate surface area is 96.8 Å². The first-order valence-electron chi connectivity index (χ1n) is 4.66. The number of rotatable bonds is 5. The lowest BCUT2D eigenvalue weighted by Gasteiger charge is -2.03. The van der Waals surface area contributed by atoms with Crippen LogP contribution in [0.15, 0.2) is 11.4 Å². The molecule has 88 valence electrons. The van der Waals surface area contributed by atoms with E-state index in [9.17, 15) is 9.18 Å². The summed E-state index contributed by atoms with van der Waals surface area (Å²) < 4.78 is 17.7. The Morgan fingerprint density at radius 1 is 1.69 bits per heavy atom. The molecular formula is C9H12FN3O2S. The number of esters is 1. The SMILES string of the molecule is CCOC(=O)CSc1ncc(F)c(NC)n1. The van der Waals surface area contributed by atoms with Crippen LogP contribution in [-0.4, -0.2) is 35.3 Å². The number of anilines is 1. The van der Waals surface area contributed by atoms with Gasteiger partial charge in [-0.3, -0.25) is 4.79 Å². The molecule has 1 N–H and O–H groups in total. The molecule has 0 atom stereocenters. The average molecular weight is 245 g/mol. The number of hydrogen-bond donors (Lipinski definition) is 1. The van der Waals surface area contributed by atoms with Gasteiger partial charge in [-0.05, 0) is 6.92 Å². The molecule has 0 bridgehead atoms. The number of nitrogens with one attached hydrogen (secondary N) is 1. The van der Waals surface area contributed by atoms with Gasteiger partial charge < -0.3 is 10.1 Å². The Bertz CT molecular complexity index is 376. The van der Waals surface area contributed by atoms with E-state index in [1.165, 1.54) is 0 Å². The summed E-state index contributed by atoms with van der Waals surface area (Å²) in [5.41, 5.74) is 0. The summed E-state index contributed by atoms with van der Waals surface area (Å²) in [6.07, 6.45) is 1.06. The Hall–Kier alpha value is -1.37. The van der Waals surface area contributed by atoms with Crippen molar-refractivity contribution in [2.75, 3.05) is 24.7 Å². The normalized spacial score (nSPS) is 9.94. The summed E-state index contributed by atoms with van der Waals surface area (Å²) >= 11 is 1.10. The van der Waals surface area contributed by atoms with Crippen molar-refractivity contribution in [2.24, 2.45) is 0 Å². The Balaban J connectivity index is 2.57. The number of halogens is 1. The standard InChI is InChI=1S/C9H12FN3O2S/c1-3-15-7(14)5-16-9-12-4-6(10)8(11-2)13-9/h4H,3,5H2,1-2H3,(H,11,12,13). The van der Waals surface area contributed by atoms with Crippen molar-refractivity contribution in [3.05, 3.63) is 12.0 Å². The number of ether oxygens (including phenoxy) is 1. The van der Waals surface area contributed by atoms with Crippen LogP contribution in [0.5, 0.6) is 0 Å². The van der Waals surface area contributed by atoms with Crippen molar-refractivity contribution in [1.29, 1.82) is 0 Å². The van der Waals surface area contributed by atoms with Crippen LogP contribution in [-0.2, 0) is 9.53 Å². The molecule has 0 radical (unpaired) electrons. The molecule has 1 aromatic heterocycles. The van der Waals surface area contributed by atoms with Crippen LogP contribution < -0.4 is 5.32 Å². The first-order chi connectivity index (χ1) is 7.67. The maximum atomic E-state index is 13.0. The smallest absolute Gasteiger partial charge is 0.316 e. The Kier molecular flexibility index (Phi) is 4.97. The van der Waals surface area contributed by atoms with Gasteiger partial charge in [-0.1, -0.05) is 11.8 Å². The Morgan fingerprint density at radius 2 is 2.44 bits per heavy atom.